The summed E-state index contributed by atoms with van der Waals surface area (Å²) in [5.74, 6) is -0.422. The van der Waals surface area contributed by atoms with E-state index in [2.05, 4.69) is 0 Å². The van der Waals surface area contributed by atoms with Crippen LogP contribution in [0.5, 0.6) is 0 Å². The molecule has 14 heavy (non-hydrogen) atoms. The molecule has 1 nitrogen and oxygen atoms in total. The molecular formula is C11H13F2N. The smallest absolute Gasteiger partial charge is 0.127 e. The highest BCUT2D eigenvalue weighted by Crippen LogP contribution is 2.53. The molecule has 1 aromatic rings. The molecule has 0 heterocycles. The second-order valence-corrected chi connectivity index (χ2v) is 4.18. The van der Waals surface area contributed by atoms with Crippen LogP contribution in [0.3, 0.4) is 0 Å². The molecule has 2 unspecified atom stereocenters. The van der Waals surface area contributed by atoms with Gasteiger partial charge in [0.15, 0.2) is 0 Å². The van der Waals surface area contributed by atoms with E-state index in [4.69, 9.17) is 5.73 Å². The molecule has 3 heteroatoms. The Morgan fingerprint density at radius 3 is 2.79 bits per heavy atom. The summed E-state index contributed by atoms with van der Waals surface area (Å²) in [7, 11) is 0. The quantitative estimate of drug-likeness (QED) is 0.772. The van der Waals surface area contributed by atoms with Crippen molar-refractivity contribution in [2.24, 2.45) is 11.7 Å². The lowest BCUT2D eigenvalue weighted by Gasteiger charge is -2.12. The molecule has 76 valence electrons. The number of hydrogen-bond acceptors (Lipinski definition) is 1. The fourth-order valence-corrected chi connectivity index (χ4v) is 2.06. The largest absolute Gasteiger partial charge is 0.330 e. The second-order valence-electron chi connectivity index (χ2n) is 4.18. The third kappa shape index (κ3) is 1.32. The highest BCUT2D eigenvalue weighted by molar-refractivity contribution is 5.34. The van der Waals surface area contributed by atoms with Crippen LogP contribution >= 0.6 is 0 Å². The van der Waals surface area contributed by atoms with E-state index in [-0.39, 0.29) is 17.0 Å². The predicted octanol–water partition coefficient (Wildman–Crippen LogP) is 2.20. The van der Waals surface area contributed by atoms with Crippen molar-refractivity contribution in [2.75, 3.05) is 6.54 Å². The van der Waals surface area contributed by atoms with Crippen LogP contribution in [0.15, 0.2) is 18.2 Å². The highest BCUT2D eigenvalue weighted by atomic mass is 19.1. The first kappa shape index (κ1) is 9.59. The zero-order valence-electron chi connectivity index (χ0n) is 8.06. The minimum Gasteiger partial charge on any atom is -0.330 e. The summed E-state index contributed by atoms with van der Waals surface area (Å²) in [6, 6.07) is 3.61. The average molecular weight is 197 g/mol. The Balaban J connectivity index is 2.38. The Kier molecular flexibility index (Phi) is 2.07. The Labute approximate surface area is 81.9 Å². The Morgan fingerprint density at radius 2 is 2.21 bits per heavy atom. The van der Waals surface area contributed by atoms with Gasteiger partial charge in [-0.05, 0) is 48.1 Å². The summed E-state index contributed by atoms with van der Waals surface area (Å²) in [6.45, 7) is 2.47. The molecule has 1 aliphatic carbocycles. The maximum Gasteiger partial charge on any atom is 0.127 e. The number of benzene rings is 1. The van der Waals surface area contributed by atoms with Crippen LogP contribution in [0.1, 0.15) is 18.9 Å². The van der Waals surface area contributed by atoms with Crippen molar-refractivity contribution >= 4 is 0 Å². The molecule has 2 N–H and O–H groups in total. The minimum atomic E-state index is -0.384. The van der Waals surface area contributed by atoms with Gasteiger partial charge < -0.3 is 5.73 Å². The van der Waals surface area contributed by atoms with Gasteiger partial charge >= 0.3 is 0 Å². The molecule has 1 fully saturated rings. The Hall–Kier alpha value is -0.960. The van der Waals surface area contributed by atoms with Crippen LogP contribution in [0.4, 0.5) is 8.78 Å². The van der Waals surface area contributed by atoms with Gasteiger partial charge in [0.1, 0.15) is 11.6 Å². The average Bonchev–Trinajstić information content (AvgIpc) is 2.83. The van der Waals surface area contributed by atoms with E-state index in [1.165, 1.54) is 12.1 Å². The normalized spacial score (nSPS) is 30.4. The molecule has 0 aliphatic heterocycles. The van der Waals surface area contributed by atoms with Gasteiger partial charge in [-0.2, -0.15) is 0 Å². The Bertz CT molecular complexity index is 364. The van der Waals surface area contributed by atoms with Crippen molar-refractivity contribution in [3.8, 4) is 0 Å². The summed E-state index contributed by atoms with van der Waals surface area (Å²) in [4.78, 5) is 0. The molecule has 0 radical (unpaired) electrons. The van der Waals surface area contributed by atoms with Crippen molar-refractivity contribution in [3.05, 3.63) is 35.4 Å². The fraction of sp³-hybridized carbons (Fsp3) is 0.455. The van der Waals surface area contributed by atoms with Gasteiger partial charge in [0, 0.05) is 0 Å². The van der Waals surface area contributed by atoms with E-state index in [0.717, 1.165) is 12.5 Å². The van der Waals surface area contributed by atoms with Crippen LogP contribution < -0.4 is 5.73 Å². The maximum absolute atomic E-state index is 13.4. The van der Waals surface area contributed by atoms with E-state index in [0.29, 0.717) is 18.0 Å². The number of rotatable bonds is 2. The zero-order valence-corrected chi connectivity index (χ0v) is 8.06. The molecule has 0 aromatic heterocycles. The summed E-state index contributed by atoms with van der Waals surface area (Å²) in [6.07, 6.45) is 0.851. The van der Waals surface area contributed by atoms with Crippen LogP contribution in [0.25, 0.3) is 0 Å². The first-order valence-corrected chi connectivity index (χ1v) is 4.73. The van der Waals surface area contributed by atoms with Gasteiger partial charge in [-0.15, -0.1) is 0 Å². The molecule has 1 saturated carbocycles. The summed E-state index contributed by atoms with van der Waals surface area (Å²) in [5.41, 5.74) is 5.74. The maximum atomic E-state index is 13.4. The van der Waals surface area contributed by atoms with Crippen LogP contribution in [-0.2, 0) is 5.41 Å². The van der Waals surface area contributed by atoms with Crippen LogP contribution in [0, 0.1) is 17.6 Å². The van der Waals surface area contributed by atoms with Crippen molar-refractivity contribution < 1.29 is 8.78 Å². The lowest BCUT2D eigenvalue weighted by Crippen LogP contribution is -2.13. The number of hydrogen-bond donors (Lipinski definition) is 1. The van der Waals surface area contributed by atoms with Crippen molar-refractivity contribution in [1.82, 2.24) is 0 Å². The van der Waals surface area contributed by atoms with Crippen LogP contribution in [-0.4, -0.2) is 6.54 Å². The van der Waals surface area contributed by atoms with Gasteiger partial charge in [0.25, 0.3) is 0 Å². The van der Waals surface area contributed by atoms with Gasteiger partial charge in [0.05, 0.1) is 0 Å². The fourth-order valence-electron chi connectivity index (χ4n) is 2.06. The zero-order chi connectivity index (χ0) is 10.3. The summed E-state index contributed by atoms with van der Waals surface area (Å²) in [5, 5.41) is 0. The third-order valence-corrected chi connectivity index (χ3v) is 3.24. The molecule has 0 bridgehead atoms. The summed E-state index contributed by atoms with van der Waals surface area (Å²) >= 11 is 0. The topological polar surface area (TPSA) is 26.0 Å². The first-order chi connectivity index (χ1) is 6.58. The molecule has 0 saturated heterocycles. The molecule has 1 aromatic carbocycles. The van der Waals surface area contributed by atoms with Crippen molar-refractivity contribution in [2.45, 2.75) is 18.8 Å². The van der Waals surface area contributed by atoms with Crippen LogP contribution in [0.2, 0.25) is 0 Å². The second kappa shape index (κ2) is 3.02. The standard InChI is InChI=1S/C11H13F2N/c1-11(5-7(11)6-14)9-4-8(12)2-3-10(9)13/h2-4,7H,5-6,14H2,1H3. The third-order valence-electron chi connectivity index (χ3n) is 3.24. The molecule has 0 spiro atoms. The molecule has 0 amide bonds. The van der Waals surface area contributed by atoms with Crippen molar-refractivity contribution in [1.29, 1.82) is 0 Å². The number of halogens is 2. The minimum absolute atomic E-state index is 0.249. The summed E-state index contributed by atoms with van der Waals surface area (Å²) < 4.78 is 26.3. The Morgan fingerprint density at radius 1 is 1.50 bits per heavy atom. The molecule has 2 rings (SSSR count). The van der Waals surface area contributed by atoms with E-state index < -0.39 is 0 Å². The van der Waals surface area contributed by atoms with E-state index in [1.54, 1.807) is 0 Å². The molecule has 2 atom stereocenters. The van der Waals surface area contributed by atoms with E-state index in [9.17, 15) is 8.78 Å². The van der Waals surface area contributed by atoms with E-state index in [1.807, 2.05) is 6.92 Å². The van der Waals surface area contributed by atoms with Gasteiger partial charge in [-0.25, -0.2) is 8.78 Å². The van der Waals surface area contributed by atoms with Crippen molar-refractivity contribution in [3.63, 3.8) is 0 Å². The SMILES string of the molecule is CC1(c2cc(F)ccc2F)CC1CN. The lowest BCUT2D eigenvalue weighted by molar-refractivity contribution is 0.549. The van der Waals surface area contributed by atoms with Gasteiger partial charge in [-0.1, -0.05) is 6.92 Å². The van der Waals surface area contributed by atoms with E-state index >= 15 is 0 Å². The predicted molar refractivity (Wildman–Crippen MR) is 50.9 cm³/mol. The first-order valence-electron chi connectivity index (χ1n) is 4.73. The van der Waals surface area contributed by atoms with Gasteiger partial charge in [-0.3, -0.25) is 0 Å². The lowest BCUT2D eigenvalue weighted by atomic mass is 9.95. The molecular weight excluding hydrogens is 184 g/mol. The monoisotopic (exact) mass is 197 g/mol. The number of nitrogens with two attached hydrogens (primary N) is 1. The highest BCUT2D eigenvalue weighted by Gasteiger charge is 2.51. The molecule has 1 aliphatic rings. The van der Waals surface area contributed by atoms with Gasteiger partial charge in [0.2, 0.25) is 0 Å².